The molecule has 0 aliphatic heterocycles. The van der Waals surface area contributed by atoms with Crippen LogP contribution < -0.4 is 4.87 Å². The van der Waals surface area contributed by atoms with E-state index in [2.05, 4.69) is 15.9 Å². The van der Waals surface area contributed by atoms with Gasteiger partial charge in [-0.2, -0.15) is 0 Å². The first-order valence-corrected chi connectivity index (χ1v) is 7.02. The molecule has 1 aromatic carbocycles. The summed E-state index contributed by atoms with van der Waals surface area (Å²) in [5.74, 6) is -1.36. The molecular weight excluding hydrogens is 337 g/mol. The van der Waals surface area contributed by atoms with Gasteiger partial charge in [0.25, 0.3) is 0 Å². The summed E-state index contributed by atoms with van der Waals surface area (Å²) < 4.78 is 14.9. The fourth-order valence-corrected chi connectivity index (χ4v) is 2.80. The van der Waals surface area contributed by atoms with E-state index in [0.717, 1.165) is 11.3 Å². The van der Waals surface area contributed by atoms with E-state index in [4.69, 9.17) is 5.11 Å². The average Bonchev–Trinajstić information content (AvgIpc) is 2.71. The van der Waals surface area contributed by atoms with Crippen molar-refractivity contribution < 1.29 is 14.3 Å². The van der Waals surface area contributed by atoms with Gasteiger partial charge in [0.2, 0.25) is 0 Å². The van der Waals surface area contributed by atoms with Crippen LogP contribution in [0.2, 0.25) is 0 Å². The molecule has 0 atom stereocenters. The number of carboxylic acids is 1. The first-order chi connectivity index (χ1) is 8.99. The second-order valence-corrected chi connectivity index (χ2v) is 5.49. The van der Waals surface area contributed by atoms with E-state index in [1.165, 1.54) is 10.6 Å². The fraction of sp³-hybridized carbons (Fsp3) is 0.167. The summed E-state index contributed by atoms with van der Waals surface area (Å²) in [7, 11) is 0. The van der Waals surface area contributed by atoms with Gasteiger partial charge in [0.15, 0.2) is 0 Å². The molecule has 100 valence electrons. The minimum atomic E-state index is -0.968. The summed E-state index contributed by atoms with van der Waals surface area (Å²) in [6, 6.07) is 4.41. The van der Waals surface area contributed by atoms with Crippen molar-refractivity contribution in [3.63, 3.8) is 0 Å². The summed E-state index contributed by atoms with van der Waals surface area (Å²) in [6.07, 6.45) is -0.133. The number of thiazole rings is 1. The van der Waals surface area contributed by atoms with Crippen LogP contribution in [0.15, 0.2) is 32.8 Å². The molecule has 0 saturated carbocycles. The minimum Gasteiger partial charge on any atom is -0.481 e. The highest BCUT2D eigenvalue weighted by Gasteiger charge is 2.11. The van der Waals surface area contributed by atoms with Gasteiger partial charge in [-0.3, -0.25) is 14.2 Å². The van der Waals surface area contributed by atoms with Crippen molar-refractivity contribution in [3.8, 4) is 11.3 Å². The number of rotatable bonds is 4. The molecule has 0 fully saturated rings. The Labute approximate surface area is 120 Å². The zero-order chi connectivity index (χ0) is 14.0. The number of carbonyl (C=O) groups is 1. The Balaban J connectivity index is 2.41. The van der Waals surface area contributed by atoms with Gasteiger partial charge in [-0.15, -0.1) is 0 Å². The summed E-state index contributed by atoms with van der Waals surface area (Å²) in [5, 5.41) is 10.3. The lowest BCUT2D eigenvalue weighted by molar-refractivity contribution is -0.137. The third-order valence-electron chi connectivity index (χ3n) is 2.55. The molecule has 0 aliphatic carbocycles. The van der Waals surface area contributed by atoms with Gasteiger partial charge in [0.05, 0.1) is 16.6 Å². The van der Waals surface area contributed by atoms with E-state index < -0.39 is 11.8 Å². The Hall–Kier alpha value is -1.47. The fourth-order valence-electron chi connectivity index (χ4n) is 1.63. The van der Waals surface area contributed by atoms with E-state index in [-0.39, 0.29) is 17.8 Å². The van der Waals surface area contributed by atoms with E-state index in [1.807, 2.05) is 0 Å². The Morgan fingerprint density at radius 3 is 2.84 bits per heavy atom. The quantitative estimate of drug-likeness (QED) is 0.926. The number of carboxylic acid groups (broad SMARTS) is 1. The highest BCUT2D eigenvalue weighted by Crippen LogP contribution is 2.25. The number of hydrogen-bond acceptors (Lipinski definition) is 3. The van der Waals surface area contributed by atoms with E-state index in [1.54, 1.807) is 17.5 Å². The van der Waals surface area contributed by atoms with Gasteiger partial charge >= 0.3 is 10.8 Å². The van der Waals surface area contributed by atoms with Gasteiger partial charge in [0, 0.05) is 17.5 Å². The van der Waals surface area contributed by atoms with Gasteiger partial charge in [-0.05, 0) is 34.1 Å². The molecule has 1 N–H and O–H groups in total. The molecule has 0 unspecified atom stereocenters. The van der Waals surface area contributed by atoms with Gasteiger partial charge < -0.3 is 5.11 Å². The predicted molar refractivity (Wildman–Crippen MR) is 73.9 cm³/mol. The number of aromatic nitrogens is 1. The second kappa shape index (κ2) is 5.66. The molecule has 7 heteroatoms. The predicted octanol–water partition coefficient (Wildman–Crippen LogP) is 2.95. The summed E-state index contributed by atoms with van der Waals surface area (Å²) >= 11 is 4.08. The zero-order valence-electron chi connectivity index (χ0n) is 9.60. The van der Waals surface area contributed by atoms with Crippen LogP contribution in [0.25, 0.3) is 11.3 Å². The van der Waals surface area contributed by atoms with Crippen LogP contribution in [-0.4, -0.2) is 15.6 Å². The van der Waals surface area contributed by atoms with Crippen LogP contribution in [0.1, 0.15) is 6.42 Å². The first-order valence-electron chi connectivity index (χ1n) is 5.34. The molecule has 0 saturated heterocycles. The number of nitrogens with zero attached hydrogens (tertiary/aromatic N) is 1. The van der Waals surface area contributed by atoms with Gasteiger partial charge in [-0.1, -0.05) is 11.3 Å². The normalized spacial score (nSPS) is 10.6. The highest BCUT2D eigenvalue weighted by atomic mass is 79.9. The third-order valence-corrected chi connectivity index (χ3v) is 3.92. The molecule has 2 aromatic rings. The number of halogens is 2. The lowest BCUT2D eigenvalue weighted by Crippen LogP contribution is -2.16. The Kier molecular flexibility index (Phi) is 4.16. The topological polar surface area (TPSA) is 59.3 Å². The molecule has 0 spiro atoms. The molecular formula is C12H9BrFNO3S. The molecule has 0 amide bonds. The lowest BCUT2D eigenvalue weighted by Gasteiger charge is -2.07. The smallest absolute Gasteiger partial charge is 0.307 e. The minimum absolute atomic E-state index is 0.0992. The van der Waals surface area contributed by atoms with Crippen LogP contribution >= 0.6 is 27.3 Å². The number of hydrogen-bond donors (Lipinski definition) is 1. The molecule has 2 rings (SSSR count). The van der Waals surface area contributed by atoms with Crippen LogP contribution in [0.5, 0.6) is 0 Å². The van der Waals surface area contributed by atoms with Crippen molar-refractivity contribution in [1.29, 1.82) is 0 Å². The third kappa shape index (κ3) is 3.10. The van der Waals surface area contributed by atoms with Crippen LogP contribution in [-0.2, 0) is 11.3 Å². The molecule has 0 aliphatic rings. The van der Waals surface area contributed by atoms with E-state index >= 15 is 0 Å². The Morgan fingerprint density at radius 2 is 2.21 bits per heavy atom. The lowest BCUT2D eigenvalue weighted by atomic mass is 10.1. The SMILES string of the molecule is O=C(O)CCn1c(-c2ccc(F)c(Br)c2)csc1=O. The van der Waals surface area contributed by atoms with Crippen molar-refractivity contribution in [3.05, 3.63) is 43.5 Å². The molecule has 4 nitrogen and oxygen atoms in total. The maximum Gasteiger partial charge on any atom is 0.307 e. The summed E-state index contributed by atoms with van der Waals surface area (Å²) in [5.41, 5.74) is 1.26. The Morgan fingerprint density at radius 1 is 1.47 bits per heavy atom. The van der Waals surface area contributed by atoms with Crippen molar-refractivity contribution in [2.45, 2.75) is 13.0 Å². The van der Waals surface area contributed by atoms with Gasteiger partial charge in [-0.25, -0.2) is 4.39 Å². The second-order valence-electron chi connectivity index (χ2n) is 3.81. The van der Waals surface area contributed by atoms with Crippen LogP contribution in [0.3, 0.4) is 0 Å². The molecule has 0 radical (unpaired) electrons. The standard InChI is InChI=1S/C12H9BrFNO3S/c13-8-5-7(1-2-9(8)14)10-6-19-12(18)15(10)4-3-11(16)17/h1-2,5-6H,3-4H2,(H,16,17). The maximum absolute atomic E-state index is 13.2. The maximum atomic E-state index is 13.2. The van der Waals surface area contributed by atoms with E-state index in [0.29, 0.717) is 15.7 Å². The van der Waals surface area contributed by atoms with Crippen molar-refractivity contribution in [2.75, 3.05) is 0 Å². The van der Waals surface area contributed by atoms with Crippen molar-refractivity contribution in [1.82, 2.24) is 4.57 Å². The van der Waals surface area contributed by atoms with Crippen LogP contribution in [0.4, 0.5) is 4.39 Å². The van der Waals surface area contributed by atoms with Crippen molar-refractivity contribution in [2.24, 2.45) is 0 Å². The van der Waals surface area contributed by atoms with Gasteiger partial charge in [0.1, 0.15) is 5.82 Å². The zero-order valence-corrected chi connectivity index (χ0v) is 12.0. The average molecular weight is 346 g/mol. The highest BCUT2D eigenvalue weighted by molar-refractivity contribution is 9.10. The summed E-state index contributed by atoms with van der Waals surface area (Å²) in [6.45, 7) is 0.0992. The molecule has 1 heterocycles. The van der Waals surface area contributed by atoms with Crippen molar-refractivity contribution >= 4 is 33.2 Å². The molecule has 1 aromatic heterocycles. The first kappa shape index (κ1) is 14.0. The number of benzene rings is 1. The Bertz CT molecular complexity index is 680. The molecule has 0 bridgehead atoms. The summed E-state index contributed by atoms with van der Waals surface area (Å²) in [4.78, 5) is 22.0. The monoisotopic (exact) mass is 345 g/mol. The van der Waals surface area contributed by atoms with Crippen LogP contribution in [0, 0.1) is 5.82 Å². The number of aliphatic carboxylic acids is 1. The van der Waals surface area contributed by atoms with E-state index in [9.17, 15) is 14.0 Å². The largest absolute Gasteiger partial charge is 0.481 e. The molecule has 19 heavy (non-hydrogen) atoms.